The molecule has 216 valence electrons. The molecule has 0 atom stereocenters. The molecule has 0 unspecified atom stereocenters. The largest absolute Gasteiger partial charge is 0.508 e. The van der Waals surface area contributed by atoms with Gasteiger partial charge in [0.05, 0.1) is 0 Å². The molecule has 0 saturated heterocycles. The lowest BCUT2D eigenvalue weighted by atomic mass is 9.72. The minimum absolute atomic E-state index is 0.0801. The molecule has 0 saturated carbocycles. The quantitative estimate of drug-likeness (QED) is 0.191. The molecule has 0 aliphatic carbocycles. The average molecular weight is 611 g/mol. The predicted octanol–water partition coefficient (Wildman–Crippen LogP) is 11.1. The van der Waals surface area contributed by atoms with Crippen molar-refractivity contribution >= 4 is 48.6 Å². The number of thiophene rings is 2. The van der Waals surface area contributed by atoms with Crippen molar-refractivity contribution in [2.24, 2.45) is 0 Å². The Bertz CT molecular complexity index is 2190. The van der Waals surface area contributed by atoms with Crippen molar-refractivity contribution in [2.45, 2.75) is 26.2 Å². The smallest absolute Gasteiger partial charge is 0.195 e. The van der Waals surface area contributed by atoms with E-state index < -0.39 is 0 Å². The van der Waals surface area contributed by atoms with Crippen LogP contribution in [0.15, 0.2) is 114 Å². The van der Waals surface area contributed by atoms with Gasteiger partial charge in [-0.2, -0.15) is 0 Å². The SMILES string of the molecule is CC(C)(C)c1c(-c2ccccc2O)cc(C(=O)c2csc3ccccc23)c(-c2ccc(O)cc2)c1-c1csc2ccccc12. The van der Waals surface area contributed by atoms with Gasteiger partial charge in [-0.25, -0.2) is 0 Å². The van der Waals surface area contributed by atoms with Crippen LogP contribution in [0.5, 0.6) is 11.5 Å². The summed E-state index contributed by atoms with van der Waals surface area (Å²) in [5, 5.41) is 27.6. The molecule has 7 aromatic rings. The number of hydrogen-bond acceptors (Lipinski definition) is 5. The van der Waals surface area contributed by atoms with Gasteiger partial charge in [0.2, 0.25) is 0 Å². The summed E-state index contributed by atoms with van der Waals surface area (Å²) in [6, 6.07) is 32.8. The highest BCUT2D eigenvalue weighted by atomic mass is 32.1. The van der Waals surface area contributed by atoms with Crippen molar-refractivity contribution in [3.63, 3.8) is 0 Å². The number of rotatable bonds is 5. The molecule has 0 radical (unpaired) electrons. The maximum Gasteiger partial charge on any atom is 0.195 e. The lowest BCUT2D eigenvalue weighted by Crippen LogP contribution is -2.17. The van der Waals surface area contributed by atoms with Gasteiger partial charge in [0.1, 0.15) is 11.5 Å². The van der Waals surface area contributed by atoms with Crippen LogP contribution in [0.3, 0.4) is 0 Å². The van der Waals surface area contributed by atoms with Crippen molar-refractivity contribution in [1.82, 2.24) is 0 Å². The number of fused-ring (bicyclic) bond motifs is 2. The Kier molecular flexibility index (Phi) is 6.88. The lowest BCUT2D eigenvalue weighted by molar-refractivity contribution is 0.104. The highest BCUT2D eigenvalue weighted by Gasteiger charge is 2.32. The molecular formula is C39H30O3S2. The zero-order valence-electron chi connectivity index (χ0n) is 24.6. The number of ketones is 1. The van der Waals surface area contributed by atoms with Crippen LogP contribution in [0.4, 0.5) is 0 Å². The first kappa shape index (κ1) is 28.1. The van der Waals surface area contributed by atoms with Crippen LogP contribution in [-0.2, 0) is 5.41 Å². The molecule has 0 aliphatic heterocycles. The van der Waals surface area contributed by atoms with E-state index in [1.165, 1.54) is 0 Å². The van der Waals surface area contributed by atoms with Crippen LogP contribution in [0.2, 0.25) is 0 Å². The fraction of sp³-hybridized carbons (Fsp3) is 0.103. The van der Waals surface area contributed by atoms with Gasteiger partial charge in [-0.05, 0) is 69.4 Å². The summed E-state index contributed by atoms with van der Waals surface area (Å²) in [4.78, 5) is 14.9. The second kappa shape index (κ2) is 10.8. The predicted molar refractivity (Wildman–Crippen MR) is 185 cm³/mol. The summed E-state index contributed by atoms with van der Waals surface area (Å²) in [5.41, 5.74) is 7.03. The highest BCUT2D eigenvalue weighted by Crippen LogP contribution is 2.51. The van der Waals surface area contributed by atoms with Crippen LogP contribution < -0.4 is 0 Å². The van der Waals surface area contributed by atoms with E-state index in [1.807, 2.05) is 78.2 Å². The molecule has 7 rings (SSSR count). The topological polar surface area (TPSA) is 57.5 Å². The summed E-state index contributed by atoms with van der Waals surface area (Å²) in [6.07, 6.45) is 0. The van der Waals surface area contributed by atoms with Crippen molar-refractivity contribution in [3.8, 4) is 44.9 Å². The van der Waals surface area contributed by atoms with E-state index in [9.17, 15) is 15.0 Å². The second-order valence-electron chi connectivity index (χ2n) is 12.0. The summed E-state index contributed by atoms with van der Waals surface area (Å²) < 4.78 is 2.21. The summed E-state index contributed by atoms with van der Waals surface area (Å²) in [6.45, 7) is 6.54. The normalized spacial score (nSPS) is 11.8. The van der Waals surface area contributed by atoms with E-state index in [0.29, 0.717) is 16.7 Å². The number of carbonyl (C=O) groups is 1. The van der Waals surface area contributed by atoms with Gasteiger partial charge in [0.25, 0.3) is 0 Å². The molecule has 0 bridgehead atoms. The van der Waals surface area contributed by atoms with Crippen LogP contribution in [-0.4, -0.2) is 16.0 Å². The van der Waals surface area contributed by atoms with Crippen LogP contribution in [0.1, 0.15) is 42.3 Å². The highest BCUT2D eigenvalue weighted by molar-refractivity contribution is 7.18. The van der Waals surface area contributed by atoms with Gasteiger partial charge in [-0.15, -0.1) is 22.7 Å². The number of phenols is 2. The Morgan fingerprint density at radius 2 is 1.23 bits per heavy atom. The molecule has 2 aromatic heterocycles. The molecular weight excluding hydrogens is 581 g/mol. The Morgan fingerprint density at radius 1 is 0.614 bits per heavy atom. The fourth-order valence-corrected chi connectivity index (χ4v) is 8.11. The number of benzene rings is 5. The van der Waals surface area contributed by atoms with Crippen LogP contribution in [0.25, 0.3) is 53.6 Å². The molecule has 44 heavy (non-hydrogen) atoms. The summed E-state index contributed by atoms with van der Waals surface area (Å²) >= 11 is 3.24. The first-order valence-electron chi connectivity index (χ1n) is 14.5. The minimum Gasteiger partial charge on any atom is -0.508 e. The monoisotopic (exact) mass is 610 g/mol. The van der Waals surface area contributed by atoms with E-state index in [1.54, 1.807) is 40.9 Å². The molecule has 0 fully saturated rings. The number of aromatic hydroxyl groups is 2. The maximum absolute atomic E-state index is 14.9. The first-order valence-corrected chi connectivity index (χ1v) is 16.2. The van der Waals surface area contributed by atoms with Gasteiger partial charge < -0.3 is 10.2 Å². The Morgan fingerprint density at radius 3 is 1.93 bits per heavy atom. The molecule has 3 nitrogen and oxygen atoms in total. The van der Waals surface area contributed by atoms with Gasteiger partial charge >= 0.3 is 0 Å². The van der Waals surface area contributed by atoms with E-state index in [4.69, 9.17) is 0 Å². The Labute approximate surface area is 264 Å². The average Bonchev–Trinajstić information content (AvgIpc) is 3.65. The van der Waals surface area contributed by atoms with Crippen LogP contribution >= 0.6 is 22.7 Å². The number of hydrogen-bond donors (Lipinski definition) is 2. The number of carbonyl (C=O) groups excluding carboxylic acids is 1. The first-order chi connectivity index (χ1) is 21.2. The van der Waals surface area contributed by atoms with E-state index >= 15 is 0 Å². The second-order valence-corrected chi connectivity index (χ2v) is 13.9. The number of para-hydroxylation sites is 1. The zero-order chi connectivity index (χ0) is 30.6. The fourth-order valence-electron chi connectivity index (χ4n) is 6.22. The van der Waals surface area contributed by atoms with Gasteiger partial charge in [-0.3, -0.25) is 4.79 Å². The molecule has 0 amide bonds. The third kappa shape index (κ3) is 4.69. The molecule has 2 N–H and O–H groups in total. The lowest BCUT2D eigenvalue weighted by Gasteiger charge is -2.31. The van der Waals surface area contributed by atoms with E-state index in [2.05, 4.69) is 38.3 Å². The summed E-state index contributed by atoms with van der Waals surface area (Å²) in [7, 11) is 0. The van der Waals surface area contributed by atoms with E-state index in [0.717, 1.165) is 53.6 Å². The van der Waals surface area contributed by atoms with E-state index in [-0.39, 0.29) is 22.7 Å². The maximum atomic E-state index is 14.9. The summed E-state index contributed by atoms with van der Waals surface area (Å²) in [5.74, 6) is 0.245. The number of phenolic OH excluding ortho intramolecular Hbond substituents is 2. The standard InChI is InChI=1S/C39H30O3S2/c1-39(2,3)37-28(25-10-4-7-13-32(25)41)20-29(38(42)31-22-44-34-15-9-6-12-27(31)34)35(23-16-18-24(40)19-17-23)36(37)30-21-43-33-14-8-5-11-26(30)33/h4-22,40-41H,1-3H3. The Balaban J connectivity index is 1.69. The zero-order valence-corrected chi connectivity index (χ0v) is 26.2. The molecule has 5 aromatic carbocycles. The van der Waals surface area contributed by atoms with Crippen molar-refractivity contribution < 1.29 is 15.0 Å². The molecule has 0 spiro atoms. The Hall–Kier alpha value is -4.71. The van der Waals surface area contributed by atoms with Gasteiger partial charge in [0, 0.05) is 53.4 Å². The third-order valence-corrected chi connectivity index (χ3v) is 10.1. The molecule has 2 heterocycles. The molecule has 5 heteroatoms. The van der Waals surface area contributed by atoms with Gasteiger partial charge in [-0.1, -0.05) is 87.5 Å². The van der Waals surface area contributed by atoms with Crippen LogP contribution in [0, 0.1) is 0 Å². The third-order valence-electron chi connectivity index (χ3n) is 8.15. The molecule has 0 aliphatic rings. The van der Waals surface area contributed by atoms with Crippen molar-refractivity contribution in [2.75, 3.05) is 0 Å². The van der Waals surface area contributed by atoms with Crippen molar-refractivity contribution in [3.05, 3.63) is 131 Å². The minimum atomic E-state index is -0.377. The van der Waals surface area contributed by atoms with Crippen molar-refractivity contribution in [1.29, 1.82) is 0 Å². The van der Waals surface area contributed by atoms with Gasteiger partial charge in [0.15, 0.2) is 5.78 Å².